The molecule has 0 spiro atoms. The van der Waals surface area contributed by atoms with Crippen LogP contribution in [0.4, 0.5) is 0 Å². The van der Waals surface area contributed by atoms with E-state index in [0.717, 1.165) is 37.3 Å². The van der Waals surface area contributed by atoms with Gasteiger partial charge in [-0.15, -0.1) is 0 Å². The van der Waals surface area contributed by atoms with E-state index in [0.29, 0.717) is 11.1 Å². The minimum Gasteiger partial charge on any atom is -0.545 e. The zero-order valence-electron chi connectivity index (χ0n) is 28.8. The molecule has 0 aliphatic rings. The fourth-order valence-electron chi connectivity index (χ4n) is 3.74. The Bertz CT molecular complexity index is 1370. The smallest absolute Gasteiger partial charge is 0.545 e. The number of carbonyl (C=O) groups excluding carboxylic acids is 4. The summed E-state index contributed by atoms with van der Waals surface area (Å²) in [5.41, 5.74) is 3.86. The van der Waals surface area contributed by atoms with Gasteiger partial charge in [0.15, 0.2) is 0 Å². The fourth-order valence-corrected chi connectivity index (χ4v) is 3.74. The average Bonchev–Trinajstić information content (AvgIpc) is 3.08. The van der Waals surface area contributed by atoms with E-state index < -0.39 is 11.9 Å². The van der Waals surface area contributed by atoms with Gasteiger partial charge in [0.1, 0.15) is 0 Å². The molecule has 267 valence electrons. The topological polar surface area (TPSA) is 213 Å². The number of carboxylic acid groups (broad SMARTS) is 2. The van der Waals surface area contributed by atoms with E-state index in [1.165, 1.54) is 24.3 Å². The summed E-state index contributed by atoms with van der Waals surface area (Å²) in [5, 5.41) is 20.4. The molecule has 2 aromatic carbocycles. The Labute approximate surface area is 298 Å². The van der Waals surface area contributed by atoms with Crippen LogP contribution in [0.3, 0.4) is 0 Å². The molecule has 12 nitrogen and oxygen atoms in total. The predicted octanol–water partition coefficient (Wildman–Crippen LogP) is 2.00. The van der Waals surface area contributed by atoms with E-state index in [1.54, 1.807) is 83.1 Å². The molecule has 0 unspecified atom stereocenters. The maximum atomic E-state index is 11.7. The van der Waals surface area contributed by atoms with Gasteiger partial charge >= 0.3 is 16.8 Å². The Balaban J connectivity index is -0.000000568. The van der Waals surface area contributed by atoms with Crippen LogP contribution in [0.1, 0.15) is 80.3 Å². The van der Waals surface area contributed by atoms with Crippen molar-refractivity contribution >= 4 is 23.8 Å². The monoisotopic (exact) mass is 723 g/mol. The Kier molecular flexibility index (Phi) is 26.7. The van der Waals surface area contributed by atoms with Crippen molar-refractivity contribution in [3.63, 3.8) is 0 Å². The van der Waals surface area contributed by atoms with Crippen LogP contribution in [-0.4, -0.2) is 69.7 Å². The van der Waals surface area contributed by atoms with Crippen molar-refractivity contribution in [3.05, 3.63) is 131 Å². The number of aryl methyl sites for hydroxylation is 2. The number of rotatable bonds is 8. The third-order valence-electron chi connectivity index (χ3n) is 6.49. The summed E-state index contributed by atoms with van der Waals surface area (Å²) in [4.78, 5) is 55.2. The van der Waals surface area contributed by atoms with E-state index in [1.807, 2.05) is 41.5 Å². The number of benzene rings is 2. The van der Waals surface area contributed by atoms with Crippen LogP contribution in [0.5, 0.6) is 0 Å². The fraction of sp³-hybridized carbons (Fsp3) is 0.278. The van der Waals surface area contributed by atoms with Crippen LogP contribution in [0.25, 0.3) is 0 Å². The van der Waals surface area contributed by atoms with Crippen molar-refractivity contribution in [2.45, 2.75) is 41.5 Å². The van der Waals surface area contributed by atoms with Gasteiger partial charge in [0, 0.05) is 51.0 Å². The molecule has 0 bridgehead atoms. The number of nitrogens with zero attached hydrogens (tertiary/aromatic N) is 4. The van der Waals surface area contributed by atoms with Crippen molar-refractivity contribution in [3.8, 4) is 0 Å². The van der Waals surface area contributed by atoms with Gasteiger partial charge in [0.2, 0.25) is 0 Å². The van der Waals surface area contributed by atoms with Gasteiger partial charge in [-0.2, -0.15) is 0 Å². The van der Waals surface area contributed by atoms with Crippen LogP contribution in [0.2, 0.25) is 0 Å². The number of hydrogen-bond donors (Lipinski definition) is 0. The minimum atomic E-state index is -1.12. The Morgan fingerprint density at radius 2 is 0.816 bits per heavy atom. The number of aromatic carboxylic acids is 2. The molecule has 2 amide bonds. The predicted molar refractivity (Wildman–Crippen MR) is 184 cm³/mol. The number of pyridine rings is 2. The standard InChI is InChI=1S/2C10H14N2O.2C8H8O2.Co.2H2O/c2*1-3-12(4-2)10(13)9-6-5-7-11-8-9;2*1-6-2-4-7(5-3-6)8(9)10;;;/h2*5-8H,3-4H2,1-2H3;2*2-5H,1H3,(H,9,10);;2*1H2/q;;;;+2;;. The molecule has 4 rings (SSSR count). The zero-order chi connectivity index (χ0) is 34.5. The number of carbonyl (C=O) groups is 4. The van der Waals surface area contributed by atoms with Crippen LogP contribution in [0.15, 0.2) is 97.6 Å². The molecule has 6 N–H and O–H groups in total. The summed E-state index contributed by atoms with van der Waals surface area (Å²) in [5.74, 6) is -2.14. The Morgan fingerprint density at radius 1 is 0.531 bits per heavy atom. The number of amides is 2. The molecule has 49 heavy (non-hydrogen) atoms. The first kappa shape index (κ1) is 48.4. The third-order valence-corrected chi connectivity index (χ3v) is 6.49. The largest absolute Gasteiger partial charge is 2.00 e. The van der Waals surface area contributed by atoms with Gasteiger partial charge in [0.05, 0.1) is 23.1 Å². The van der Waals surface area contributed by atoms with Crippen molar-refractivity contribution < 1.29 is 57.1 Å². The van der Waals surface area contributed by atoms with E-state index >= 15 is 0 Å². The minimum absolute atomic E-state index is 0. The molecule has 0 saturated heterocycles. The average molecular weight is 724 g/mol. The molecule has 2 heterocycles. The first-order chi connectivity index (χ1) is 22.0. The van der Waals surface area contributed by atoms with E-state index in [-0.39, 0.29) is 50.7 Å². The molecule has 0 atom stereocenters. The number of hydrogen-bond acceptors (Lipinski definition) is 8. The van der Waals surface area contributed by atoms with Crippen molar-refractivity contribution in [1.82, 2.24) is 19.8 Å². The summed E-state index contributed by atoms with van der Waals surface area (Å²) in [6.07, 6.45) is 6.53. The first-order valence-electron chi connectivity index (χ1n) is 14.9. The van der Waals surface area contributed by atoms with Gasteiger partial charge in [-0.25, -0.2) is 0 Å². The van der Waals surface area contributed by atoms with Gasteiger partial charge < -0.3 is 40.6 Å². The van der Waals surface area contributed by atoms with Crippen molar-refractivity contribution in [2.75, 3.05) is 26.2 Å². The summed E-state index contributed by atoms with van der Waals surface area (Å²) in [6.45, 7) is 14.6. The zero-order valence-corrected chi connectivity index (χ0v) is 29.8. The van der Waals surface area contributed by atoms with E-state index in [4.69, 9.17) is 0 Å². The molecular weight excluding hydrogens is 675 g/mol. The van der Waals surface area contributed by atoms with Crippen LogP contribution in [0, 0.1) is 13.8 Å². The third kappa shape index (κ3) is 18.2. The van der Waals surface area contributed by atoms with E-state index in [2.05, 4.69) is 9.97 Å². The molecule has 13 heteroatoms. The SMILES string of the molecule is CCN(CC)C(=O)c1cccnc1.CCN(CC)C(=O)c1cccnc1.Cc1ccc(C(=O)[O-])cc1.Cc1ccc(C(=O)[O-])cc1.[Co+2].[OH3+].[OH3+]. The maximum absolute atomic E-state index is 11.7. The molecule has 2 aromatic heterocycles. The van der Waals surface area contributed by atoms with Gasteiger partial charge in [-0.05, 0) is 76.9 Å². The molecule has 1 radical (unpaired) electrons. The van der Waals surface area contributed by atoms with E-state index in [9.17, 15) is 29.4 Å². The second-order valence-corrected chi connectivity index (χ2v) is 9.75. The Morgan fingerprint density at radius 3 is 1.02 bits per heavy atom. The van der Waals surface area contributed by atoms with Crippen LogP contribution in [-0.2, 0) is 27.7 Å². The van der Waals surface area contributed by atoms with Crippen LogP contribution >= 0.6 is 0 Å². The summed E-state index contributed by atoms with van der Waals surface area (Å²) >= 11 is 0. The number of carboxylic acids is 2. The summed E-state index contributed by atoms with van der Waals surface area (Å²) in [6, 6.07) is 20.2. The van der Waals surface area contributed by atoms with Gasteiger partial charge in [-0.3, -0.25) is 19.6 Å². The second kappa shape index (κ2) is 27.0. The Hall–Kier alpha value is -4.95. The van der Waals surface area contributed by atoms with Crippen molar-refractivity contribution in [2.24, 2.45) is 0 Å². The summed E-state index contributed by atoms with van der Waals surface area (Å²) in [7, 11) is 0. The first-order valence-corrected chi connectivity index (χ1v) is 14.9. The molecule has 4 aromatic rings. The van der Waals surface area contributed by atoms with Gasteiger partial charge in [0.25, 0.3) is 11.8 Å². The maximum Gasteiger partial charge on any atom is 2.00 e. The van der Waals surface area contributed by atoms with Gasteiger partial charge in [-0.1, -0.05) is 59.7 Å². The molecule has 0 aliphatic heterocycles. The molecule has 0 aliphatic carbocycles. The molecular formula is C36H48CoN4O8+2. The second-order valence-electron chi connectivity index (χ2n) is 9.75. The number of aromatic nitrogens is 2. The quantitative estimate of drug-likeness (QED) is 0.245. The van der Waals surface area contributed by atoms with Crippen molar-refractivity contribution in [1.29, 1.82) is 0 Å². The summed E-state index contributed by atoms with van der Waals surface area (Å²) < 4.78 is 0. The normalized spacial score (nSPS) is 8.94. The van der Waals surface area contributed by atoms with Crippen LogP contribution < -0.4 is 10.2 Å². The molecule has 0 saturated carbocycles. The molecule has 0 fully saturated rings.